The van der Waals surface area contributed by atoms with Gasteiger partial charge in [0.15, 0.2) is 0 Å². The van der Waals surface area contributed by atoms with Gasteiger partial charge in [0.2, 0.25) is 5.91 Å². The van der Waals surface area contributed by atoms with E-state index >= 15 is 0 Å². The van der Waals surface area contributed by atoms with Crippen molar-refractivity contribution in [3.63, 3.8) is 0 Å². The Kier molecular flexibility index (Phi) is 7.89. The number of hydrogen-bond acceptors (Lipinski definition) is 3. The standard InChI is InChI=1S/C31H28ClN5O2/c1-2-19-36(31(39)33-27-14-8-12-22-9-6-7-13-26(22)27)21-30(38)34-29-20-28(23-10-4-3-5-11-23)35-37(29)25-17-15-24(32)16-18-25/h3-18,20H,2,19,21H2,1H3,(H,33,39)(H,34,38). The largest absolute Gasteiger partial charge is 0.322 e. The van der Waals surface area contributed by atoms with E-state index in [9.17, 15) is 9.59 Å². The fourth-order valence-electron chi connectivity index (χ4n) is 4.41. The lowest BCUT2D eigenvalue weighted by molar-refractivity contribution is -0.116. The molecule has 196 valence electrons. The molecule has 7 nitrogen and oxygen atoms in total. The number of aromatic nitrogens is 2. The molecule has 0 fully saturated rings. The predicted octanol–water partition coefficient (Wildman–Crippen LogP) is 7.23. The molecule has 0 bridgehead atoms. The van der Waals surface area contributed by atoms with E-state index in [0.717, 1.165) is 22.0 Å². The van der Waals surface area contributed by atoms with E-state index in [1.165, 1.54) is 4.90 Å². The van der Waals surface area contributed by atoms with E-state index < -0.39 is 0 Å². The summed E-state index contributed by atoms with van der Waals surface area (Å²) in [5.74, 6) is 0.165. The first kappa shape index (κ1) is 26.0. The third kappa shape index (κ3) is 6.10. The molecule has 0 unspecified atom stereocenters. The lowest BCUT2D eigenvalue weighted by Crippen LogP contribution is -2.41. The first-order chi connectivity index (χ1) is 19.0. The van der Waals surface area contributed by atoms with Crippen molar-refractivity contribution in [3.05, 3.63) is 108 Å². The fourth-order valence-corrected chi connectivity index (χ4v) is 4.53. The van der Waals surface area contributed by atoms with E-state index in [-0.39, 0.29) is 18.5 Å². The van der Waals surface area contributed by atoms with Gasteiger partial charge in [0, 0.05) is 28.6 Å². The second kappa shape index (κ2) is 11.8. The number of urea groups is 1. The average molecular weight is 538 g/mol. The molecular formula is C31H28ClN5O2. The Morgan fingerprint density at radius 2 is 1.59 bits per heavy atom. The van der Waals surface area contributed by atoms with Gasteiger partial charge in [-0.25, -0.2) is 9.48 Å². The Morgan fingerprint density at radius 1 is 0.872 bits per heavy atom. The number of benzene rings is 4. The number of halogens is 1. The van der Waals surface area contributed by atoms with Crippen molar-refractivity contribution in [1.82, 2.24) is 14.7 Å². The fraction of sp³-hybridized carbons (Fsp3) is 0.129. The van der Waals surface area contributed by atoms with Crippen LogP contribution < -0.4 is 10.6 Å². The molecule has 8 heteroatoms. The number of hydrogen-bond donors (Lipinski definition) is 2. The van der Waals surface area contributed by atoms with Crippen molar-refractivity contribution in [2.75, 3.05) is 23.7 Å². The van der Waals surface area contributed by atoms with Gasteiger partial charge in [-0.05, 0) is 42.1 Å². The zero-order chi connectivity index (χ0) is 27.2. The van der Waals surface area contributed by atoms with Gasteiger partial charge in [0.1, 0.15) is 12.4 Å². The van der Waals surface area contributed by atoms with Crippen molar-refractivity contribution in [3.8, 4) is 16.9 Å². The Bertz CT molecular complexity index is 1590. The summed E-state index contributed by atoms with van der Waals surface area (Å²) in [6.45, 7) is 2.28. The van der Waals surface area contributed by atoms with Gasteiger partial charge < -0.3 is 15.5 Å². The molecular weight excluding hydrogens is 510 g/mol. The maximum atomic E-state index is 13.3. The molecule has 5 rings (SSSR count). The maximum absolute atomic E-state index is 13.3. The summed E-state index contributed by atoms with van der Waals surface area (Å²) in [5, 5.41) is 13.2. The molecule has 39 heavy (non-hydrogen) atoms. The third-order valence-corrected chi connectivity index (χ3v) is 6.52. The number of rotatable bonds is 8. The summed E-state index contributed by atoms with van der Waals surface area (Å²) in [6.07, 6.45) is 0.705. The van der Waals surface area contributed by atoms with Crippen LogP contribution in [0.4, 0.5) is 16.3 Å². The van der Waals surface area contributed by atoms with Crippen LogP contribution in [0.25, 0.3) is 27.7 Å². The van der Waals surface area contributed by atoms with Crippen molar-refractivity contribution < 1.29 is 9.59 Å². The molecule has 0 radical (unpaired) electrons. The van der Waals surface area contributed by atoms with Crippen molar-refractivity contribution in [2.45, 2.75) is 13.3 Å². The number of nitrogens with one attached hydrogen (secondary N) is 2. The highest BCUT2D eigenvalue weighted by Crippen LogP contribution is 2.26. The Morgan fingerprint density at radius 3 is 2.36 bits per heavy atom. The summed E-state index contributed by atoms with van der Waals surface area (Å²) < 4.78 is 1.66. The summed E-state index contributed by atoms with van der Waals surface area (Å²) in [5.41, 5.74) is 3.08. The molecule has 0 aliphatic heterocycles. The van der Waals surface area contributed by atoms with Crippen LogP contribution >= 0.6 is 11.6 Å². The molecule has 0 aliphatic rings. The van der Waals surface area contributed by atoms with Gasteiger partial charge >= 0.3 is 6.03 Å². The van der Waals surface area contributed by atoms with E-state index in [0.29, 0.717) is 35.2 Å². The molecule has 2 N–H and O–H groups in total. The van der Waals surface area contributed by atoms with E-state index in [2.05, 4.69) is 10.6 Å². The molecule has 0 saturated carbocycles. The van der Waals surface area contributed by atoms with Crippen LogP contribution in [-0.4, -0.2) is 39.7 Å². The first-order valence-corrected chi connectivity index (χ1v) is 13.1. The highest BCUT2D eigenvalue weighted by Gasteiger charge is 2.20. The number of anilines is 2. The van der Waals surface area contributed by atoms with Crippen molar-refractivity contribution >= 4 is 45.8 Å². The quantitative estimate of drug-likeness (QED) is 0.219. The minimum atomic E-state index is -0.334. The number of carbonyl (C=O) groups is 2. The number of nitrogens with zero attached hydrogens (tertiary/aromatic N) is 3. The highest BCUT2D eigenvalue weighted by molar-refractivity contribution is 6.30. The number of amides is 3. The molecule has 1 aromatic heterocycles. The minimum Gasteiger partial charge on any atom is -0.315 e. The molecule has 0 aliphatic carbocycles. The van der Waals surface area contributed by atoms with Crippen LogP contribution in [0, 0.1) is 0 Å². The normalized spacial score (nSPS) is 10.8. The van der Waals surface area contributed by atoms with Crippen LogP contribution in [0.1, 0.15) is 13.3 Å². The second-order valence-electron chi connectivity index (χ2n) is 9.10. The lowest BCUT2D eigenvalue weighted by Gasteiger charge is -2.22. The molecule has 1 heterocycles. The van der Waals surface area contributed by atoms with E-state index in [1.54, 1.807) is 16.8 Å². The minimum absolute atomic E-state index is 0.114. The second-order valence-corrected chi connectivity index (χ2v) is 9.53. The van der Waals surface area contributed by atoms with Crippen LogP contribution in [0.15, 0.2) is 103 Å². The molecule has 0 saturated heterocycles. The predicted molar refractivity (Wildman–Crippen MR) is 157 cm³/mol. The highest BCUT2D eigenvalue weighted by atomic mass is 35.5. The monoisotopic (exact) mass is 537 g/mol. The zero-order valence-corrected chi connectivity index (χ0v) is 22.2. The summed E-state index contributed by atoms with van der Waals surface area (Å²) in [4.78, 5) is 28.0. The molecule has 3 amide bonds. The number of carbonyl (C=O) groups excluding carboxylic acids is 2. The topological polar surface area (TPSA) is 79.3 Å². The lowest BCUT2D eigenvalue weighted by atomic mass is 10.1. The van der Waals surface area contributed by atoms with Gasteiger partial charge in [0.25, 0.3) is 0 Å². The summed E-state index contributed by atoms with van der Waals surface area (Å²) >= 11 is 6.09. The van der Waals surface area contributed by atoms with Crippen LogP contribution in [0.2, 0.25) is 5.02 Å². The van der Waals surface area contributed by atoms with Gasteiger partial charge in [-0.3, -0.25) is 4.79 Å². The van der Waals surface area contributed by atoms with Gasteiger partial charge in [-0.1, -0.05) is 85.3 Å². The van der Waals surface area contributed by atoms with Crippen LogP contribution in [-0.2, 0) is 4.79 Å². The van der Waals surface area contributed by atoms with Gasteiger partial charge in [-0.2, -0.15) is 5.10 Å². The smallest absolute Gasteiger partial charge is 0.315 e. The molecule has 4 aromatic carbocycles. The Balaban J connectivity index is 1.37. The Labute approximate surface area is 232 Å². The Hall–Kier alpha value is -4.62. The zero-order valence-electron chi connectivity index (χ0n) is 21.5. The third-order valence-electron chi connectivity index (χ3n) is 6.26. The van der Waals surface area contributed by atoms with Crippen molar-refractivity contribution in [2.24, 2.45) is 0 Å². The van der Waals surface area contributed by atoms with Crippen LogP contribution in [0.5, 0.6) is 0 Å². The number of fused-ring (bicyclic) bond motifs is 1. The first-order valence-electron chi connectivity index (χ1n) is 12.8. The van der Waals surface area contributed by atoms with Crippen LogP contribution in [0.3, 0.4) is 0 Å². The van der Waals surface area contributed by atoms with E-state index in [1.807, 2.05) is 97.9 Å². The molecule has 5 aromatic rings. The SMILES string of the molecule is CCCN(CC(=O)Nc1cc(-c2ccccc2)nn1-c1ccc(Cl)cc1)C(=O)Nc1cccc2ccccc12. The molecule has 0 spiro atoms. The van der Waals surface area contributed by atoms with Gasteiger partial charge in [0.05, 0.1) is 17.1 Å². The average Bonchev–Trinajstić information content (AvgIpc) is 3.37. The summed E-state index contributed by atoms with van der Waals surface area (Å²) in [6, 6.07) is 32.0. The maximum Gasteiger partial charge on any atom is 0.322 e. The van der Waals surface area contributed by atoms with E-state index in [4.69, 9.17) is 16.7 Å². The summed E-state index contributed by atoms with van der Waals surface area (Å²) in [7, 11) is 0. The van der Waals surface area contributed by atoms with Gasteiger partial charge in [-0.15, -0.1) is 0 Å². The molecule has 0 atom stereocenters. The van der Waals surface area contributed by atoms with Crippen molar-refractivity contribution in [1.29, 1.82) is 0 Å².